The Labute approximate surface area is 117 Å². The van der Waals surface area contributed by atoms with Crippen LogP contribution in [0.15, 0.2) is 0 Å². The average molecular weight is 280 g/mol. The quantitative estimate of drug-likeness (QED) is 0.845. The van der Waals surface area contributed by atoms with Crippen LogP contribution in [0, 0.1) is 0 Å². The predicted octanol–water partition coefficient (Wildman–Crippen LogP) is 1.23. The zero-order chi connectivity index (χ0) is 14.5. The van der Waals surface area contributed by atoms with Crippen molar-refractivity contribution in [2.45, 2.75) is 51.5 Å². The number of aromatic amines is 1. The molecule has 0 spiro atoms. The smallest absolute Gasteiger partial charge is 0.303 e. The largest absolute Gasteiger partial charge is 0.481 e. The van der Waals surface area contributed by atoms with Gasteiger partial charge in [0.15, 0.2) is 0 Å². The molecule has 0 aromatic carbocycles. The Hall–Kier alpha value is -1.92. The fraction of sp³-hybridized carbons (Fsp3) is 0.692. The van der Waals surface area contributed by atoms with E-state index in [0.29, 0.717) is 25.2 Å². The van der Waals surface area contributed by atoms with Crippen LogP contribution in [0.3, 0.4) is 0 Å². The molecule has 2 N–H and O–H groups in total. The number of carbonyl (C=O) groups excluding carboxylic acids is 1. The van der Waals surface area contributed by atoms with E-state index in [1.165, 1.54) is 0 Å². The fourth-order valence-electron chi connectivity index (χ4n) is 2.54. The van der Waals surface area contributed by atoms with Gasteiger partial charge < -0.3 is 10.0 Å². The number of carbonyl (C=O) groups is 2. The highest BCUT2D eigenvalue weighted by molar-refractivity contribution is 5.90. The zero-order valence-corrected chi connectivity index (χ0v) is 11.6. The third-order valence-corrected chi connectivity index (χ3v) is 3.64. The molecule has 1 unspecified atom stereocenters. The first kappa shape index (κ1) is 14.5. The first-order valence-corrected chi connectivity index (χ1v) is 7.06. The third kappa shape index (κ3) is 3.34. The van der Waals surface area contributed by atoms with Gasteiger partial charge in [-0.25, -0.2) is 4.98 Å². The number of likely N-dealkylation sites (tertiary alicyclic amines) is 1. The molecule has 1 atom stereocenters. The minimum Gasteiger partial charge on any atom is -0.481 e. The van der Waals surface area contributed by atoms with E-state index in [4.69, 9.17) is 5.11 Å². The Morgan fingerprint density at radius 1 is 1.45 bits per heavy atom. The molecule has 20 heavy (non-hydrogen) atoms. The van der Waals surface area contributed by atoms with Crippen LogP contribution < -0.4 is 0 Å². The predicted molar refractivity (Wildman–Crippen MR) is 71.3 cm³/mol. The van der Waals surface area contributed by atoms with E-state index >= 15 is 0 Å². The lowest BCUT2D eigenvalue weighted by Gasteiger charge is -2.34. The molecule has 7 heteroatoms. The fourth-order valence-corrected chi connectivity index (χ4v) is 2.54. The molecule has 0 saturated carbocycles. The summed E-state index contributed by atoms with van der Waals surface area (Å²) in [6.07, 6.45) is 4.10. The topological polar surface area (TPSA) is 99.2 Å². The summed E-state index contributed by atoms with van der Waals surface area (Å²) in [4.78, 5) is 29.0. The Kier molecular flexibility index (Phi) is 4.70. The minimum atomic E-state index is -0.825. The van der Waals surface area contributed by atoms with Crippen LogP contribution >= 0.6 is 0 Å². The number of nitrogens with one attached hydrogen (secondary N) is 1. The molecule has 110 valence electrons. The standard InChI is InChI=1S/C13H20N4O3/c1-2-10-14-12(16-15-10)13(20)17-8-4-3-5-9(17)6-7-11(18)19/h9H,2-8H2,1H3,(H,18,19)(H,14,15,16). The van der Waals surface area contributed by atoms with Gasteiger partial charge in [0, 0.05) is 25.4 Å². The average Bonchev–Trinajstić information content (AvgIpc) is 2.93. The number of aromatic nitrogens is 3. The van der Waals surface area contributed by atoms with E-state index in [0.717, 1.165) is 19.3 Å². The highest BCUT2D eigenvalue weighted by Gasteiger charge is 2.29. The van der Waals surface area contributed by atoms with E-state index in [1.807, 2.05) is 6.92 Å². The molecule has 1 amide bonds. The first-order valence-electron chi connectivity index (χ1n) is 7.06. The molecular formula is C13H20N4O3. The van der Waals surface area contributed by atoms with Gasteiger partial charge in [-0.15, -0.1) is 5.10 Å². The molecular weight excluding hydrogens is 260 g/mol. The molecule has 0 radical (unpaired) electrons. The second kappa shape index (κ2) is 6.49. The normalized spacial score (nSPS) is 19.1. The number of amides is 1. The zero-order valence-electron chi connectivity index (χ0n) is 11.6. The summed E-state index contributed by atoms with van der Waals surface area (Å²) in [6.45, 7) is 2.59. The summed E-state index contributed by atoms with van der Waals surface area (Å²) in [6, 6.07) is -0.0177. The van der Waals surface area contributed by atoms with Crippen molar-refractivity contribution in [3.05, 3.63) is 11.6 Å². The van der Waals surface area contributed by atoms with Crippen LogP contribution in [-0.4, -0.2) is 49.7 Å². The molecule has 2 rings (SSSR count). The number of carboxylic acid groups (broad SMARTS) is 1. The van der Waals surface area contributed by atoms with Gasteiger partial charge in [0.2, 0.25) is 5.82 Å². The Morgan fingerprint density at radius 3 is 2.90 bits per heavy atom. The summed E-state index contributed by atoms with van der Waals surface area (Å²) in [5.74, 6) is -0.151. The van der Waals surface area contributed by atoms with Crippen LogP contribution in [-0.2, 0) is 11.2 Å². The molecule has 1 aliphatic heterocycles. The lowest BCUT2D eigenvalue weighted by molar-refractivity contribution is -0.137. The molecule has 1 aromatic heterocycles. The number of H-pyrrole nitrogens is 1. The Morgan fingerprint density at radius 2 is 2.25 bits per heavy atom. The number of hydrogen-bond acceptors (Lipinski definition) is 4. The van der Waals surface area contributed by atoms with Crippen molar-refractivity contribution in [3.63, 3.8) is 0 Å². The van der Waals surface area contributed by atoms with Crippen LogP contribution in [0.4, 0.5) is 0 Å². The summed E-state index contributed by atoms with van der Waals surface area (Å²) in [5.41, 5.74) is 0. The van der Waals surface area contributed by atoms with Crippen LogP contribution in [0.25, 0.3) is 0 Å². The van der Waals surface area contributed by atoms with Gasteiger partial charge in [0.1, 0.15) is 5.82 Å². The van der Waals surface area contributed by atoms with Crippen molar-refractivity contribution >= 4 is 11.9 Å². The van der Waals surface area contributed by atoms with Crippen LogP contribution in [0.5, 0.6) is 0 Å². The molecule has 0 bridgehead atoms. The second-order valence-corrected chi connectivity index (χ2v) is 5.04. The number of aryl methyl sites for hydroxylation is 1. The van der Waals surface area contributed by atoms with Gasteiger partial charge in [-0.2, -0.15) is 0 Å². The van der Waals surface area contributed by atoms with Gasteiger partial charge in [0.05, 0.1) is 0 Å². The second-order valence-electron chi connectivity index (χ2n) is 5.04. The first-order chi connectivity index (χ1) is 9.61. The molecule has 1 aromatic rings. The number of nitrogens with zero attached hydrogens (tertiary/aromatic N) is 3. The van der Waals surface area contributed by atoms with Crippen LogP contribution in [0.1, 0.15) is 55.5 Å². The minimum absolute atomic E-state index is 0.0177. The van der Waals surface area contributed by atoms with Crippen molar-refractivity contribution in [1.29, 1.82) is 0 Å². The van der Waals surface area contributed by atoms with Gasteiger partial charge in [0.25, 0.3) is 5.91 Å². The number of rotatable bonds is 5. The van der Waals surface area contributed by atoms with E-state index in [-0.39, 0.29) is 24.2 Å². The molecule has 2 heterocycles. The summed E-state index contributed by atoms with van der Waals surface area (Å²) < 4.78 is 0. The molecule has 7 nitrogen and oxygen atoms in total. The molecule has 1 aliphatic rings. The van der Waals surface area contributed by atoms with Crippen molar-refractivity contribution in [2.24, 2.45) is 0 Å². The van der Waals surface area contributed by atoms with Gasteiger partial charge in [-0.05, 0) is 25.7 Å². The van der Waals surface area contributed by atoms with Gasteiger partial charge in [-0.1, -0.05) is 6.92 Å². The van der Waals surface area contributed by atoms with Crippen molar-refractivity contribution in [3.8, 4) is 0 Å². The SMILES string of the molecule is CCc1nc(C(=O)N2CCCCC2CCC(=O)O)n[nH]1. The number of aliphatic carboxylic acids is 1. The maximum Gasteiger partial charge on any atom is 0.303 e. The number of piperidine rings is 1. The van der Waals surface area contributed by atoms with Crippen molar-refractivity contribution in [1.82, 2.24) is 20.1 Å². The highest BCUT2D eigenvalue weighted by atomic mass is 16.4. The lowest BCUT2D eigenvalue weighted by atomic mass is 9.98. The van der Waals surface area contributed by atoms with Crippen molar-refractivity contribution < 1.29 is 14.7 Å². The molecule has 0 aliphatic carbocycles. The Balaban J connectivity index is 2.06. The van der Waals surface area contributed by atoms with Gasteiger partial charge in [-0.3, -0.25) is 14.7 Å². The maximum absolute atomic E-state index is 12.4. The summed E-state index contributed by atoms with van der Waals surface area (Å²) in [5, 5.41) is 15.5. The summed E-state index contributed by atoms with van der Waals surface area (Å²) in [7, 11) is 0. The van der Waals surface area contributed by atoms with Crippen LogP contribution in [0.2, 0.25) is 0 Å². The Bertz CT molecular complexity index is 486. The molecule has 1 saturated heterocycles. The number of carboxylic acids is 1. The van der Waals surface area contributed by atoms with E-state index in [1.54, 1.807) is 4.90 Å². The van der Waals surface area contributed by atoms with E-state index < -0.39 is 5.97 Å². The maximum atomic E-state index is 12.4. The summed E-state index contributed by atoms with van der Waals surface area (Å²) >= 11 is 0. The highest BCUT2D eigenvalue weighted by Crippen LogP contribution is 2.22. The third-order valence-electron chi connectivity index (χ3n) is 3.64. The monoisotopic (exact) mass is 280 g/mol. The number of hydrogen-bond donors (Lipinski definition) is 2. The van der Waals surface area contributed by atoms with Crippen molar-refractivity contribution in [2.75, 3.05) is 6.54 Å². The lowest BCUT2D eigenvalue weighted by Crippen LogP contribution is -2.44. The molecule has 1 fully saturated rings. The van der Waals surface area contributed by atoms with E-state index in [2.05, 4.69) is 15.2 Å². The van der Waals surface area contributed by atoms with Gasteiger partial charge >= 0.3 is 5.97 Å². The van der Waals surface area contributed by atoms with E-state index in [9.17, 15) is 9.59 Å².